The van der Waals surface area contributed by atoms with Crippen LogP contribution in [0.4, 0.5) is 0 Å². The molecule has 0 amide bonds. The van der Waals surface area contributed by atoms with Crippen molar-refractivity contribution in [3.05, 3.63) is 35.7 Å². The summed E-state index contributed by atoms with van der Waals surface area (Å²) in [6.45, 7) is 1.35. The van der Waals surface area contributed by atoms with Crippen molar-refractivity contribution in [3.63, 3.8) is 0 Å². The number of hydrogen-bond acceptors (Lipinski definition) is 6. The summed E-state index contributed by atoms with van der Waals surface area (Å²) in [5, 5.41) is 3.70. The van der Waals surface area contributed by atoms with Crippen LogP contribution in [-0.2, 0) is 13.1 Å². The number of nitrogens with zero attached hydrogens (tertiary/aromatic N) is 2. The van der Waals surface area contributed by atoms with Crippen LogP contribution in [0.3, 0.4) is 0 Å². The molecule has 0 aliphatic carbocycles. The molecule has 0 unspecified atom stereocenters. The zero-order chi connectivity index (χ0) is 15.2. The van der Waals surface area contributed by atoms with Crippen molar-refractivity contribution in [1.29, 1.82) is 0 Å². The normalized spacial score (nSPS) is 10.7. The molecule has 2 rings (SSSR count). The Balaban J connectivity index is 2.19. The Hall–Kier alpha value is -2.21. The second-order valence-corrected chi connectivity index (χ2v) is 4.64. The molecule has 1 heterocycles. The third-order valence-electron chi connectivity index (χ3n) is 3.14. The minimum absolute atomic E-state index is 0.602. The van der Waals surface area contributed by atoms with E-state index in [1.807, 2.05) is 25.2 Å². The first-order chi connectivity index (χ1) is 10.2. The van der Waals surface area contributed by atoms with Gasteiger partial charge in [-0.05, 0) is 13.1 Å². The molecule has 0 bridgehead atoms. The van der Waals surface area contributed by atoms with E-state index in [9.17, 15) is 0 Å². The first-order valence-corrected chi connectivity index (χ1v) is 6.55. The highest BCUT2D eigenvalue weighted by molar-refractivity contribution is 5.55. The van der Waals surface area contributed by atoms with Crippen LogP contribution in [0.25, 0.3) is 0 Å². The standard InChI is InChI=1S/C15H20N2O4/c1-17(10-12-7-8-16-21-12)9-11-5-6-13(18-2)15(20-4)14(11)19-3/h5-8H,9-10H2,1-4H3. The summed E-state index contributed by atoms with van der Waals surface area (Å²) in [7, 11) is 6.82. The second-order valence-electron chi connectivity index (χ2n) is 4.64. The highest BCUT2D eigenvalue weighted by atomic mass is 16.5. The van der Waals surface area contributed by atoms with Crippen LogP contribution in [0.2, 0.25) is 0 Å². The number of benzene rings is 1. The fraction of sp³-hybridized carbons (Fsp3) is 0.400. The maximum Gasteiger partial charge on any atom is 0.203 e. The minimum atomic E-state index is 0.602. The monoisotopic (exact) mass is 292 g/mol. The number of hydrogen-bond donors (Lipinski definition) is 0. The summed E-state index contributed by atoms with van der Waals surface area (Å²) >= 11 is 0. The van der Waals surface area contributed by atoms with E-state index in [0.717, 1.165) is 11.3 Å². The van der Waals surface area contributed by atoms with Gasteiger partial charge >= 0.3 is 0 Å². The van der Waals surface area contributed by atoms with Gasteiger partial charge in [0.25, 0.3) is 0 Å². The van der Waals surface area contributed by atoms with Crippen molar-refractivity contribution in [3.8, 4) is 17.2 Å². The Kier molecular flexibility index (Phi) is 5.05. The van der Waals surface area contributed by atoms with Crippen molar-refractivity contribution in [1.82, 2.24) is 10.1 Å². The van der Waals surface area contributed by atoms with Gasteiger partial charge in [-0.15, -0.1) is 0 Å². The van der Waals surface area contributed by atoms with Crippen LogP contribution in [0.15, 0.2) is 28.9 Å². The Labute approximate surface area is 124 Å². The highest BCUT2D eigenvalue weighted by Crippen LogP contribution is 2.40. The Morgan fingerprint density at radius 2 is 1.76 bits per heavy atom. The molecule has 0 spiro atoms. The largest absolute Gasteiger partial charge is 0.493 e. The Bertz CT molecular complexity index is 569. The van der Waals surface area contributed by atoms with E-state index < -0.39 is 0 Å². The molecule has 0 N–H and O–H groups in total. The lowest BCUT2D eigenvalue weighted by molar-refractivity contribution is 0.260. The number of aromatic nitrogens is 1. The summed E-state index contributed by atoms with van der Waals surface area (Å²) in [6, 6.07) is 5.69. The minimum Gasteiger partial charge on any atom is -0.493 e. The fourth-order valence-electron chi connectivity index (χ4n) is 2.22. The lowest BCUT2D eigenvalue weighted by atomic mass is 10.1. The third kappa shape index (κ3) is 3.46. The lowest BCUT2D eigenvalue weighted by Gasteiger charge is -2.19. The van der Waals surface area contributed by atoms with E-state index in [0.29, 0.717) is 30.3 Å². The molecule has 2 aromatic rings. The molecule has 0 aliphatic heterocycles. The maximum atomic E-state index is 5.48. The molecule has 0 aliphatic rings. The van der Waals surface area contributed by atoms with Gasteiger partial charge in [0.05, 0.1) is 34.1 Å². The van der Waals surface area contributed by atoms with Gasteiger partial charge in [0, 0.05) is 18.2 Å². The SMILES string of the molecule is COc1ccc(CN(C)Cc2ccno2)c(OC)c1OC. The Morgan fingerprint density at radius 3 is 2.33 bits per heavy atom. The van der Waals surface area contributed by atoms with Crippen molar-refractivity contribution < 1.29 is 18.7 Å². The maximum absolute atomic E-state index is 5.48. The average molecular weight is 292 g/mol. The molecule has 6 heteroatoms. The lowest BCUT2D eigenvalue weighted by Crippen LogP contribution is -2.17. The predicted molar refractivity (Wildman–Crippen MR) is 77.8 cm³/mol. The van der Waals surface area contributed by atoms with E-state index >= 15 is 0 Å². The molecule has 0 fully saturated rings. The van der Waals surface area contributed by atoms with Crippen molar-refractivity contribution >= 4 is 0 Å². The van der Waals surface area contributed by atoms with Crippen LogP contribution in [0.1, 0.15) is 11.3 Å². The molecule has 114 valence electrons. The quantitative estimate of drug-likeness (QED) is 0.780. The molecule has 6 nitrogen and oxygen atoms in total. The molecule has 0 saturated carbocycles. The summed E-state index contributed by atoms with van der Waals surface area (Å²) < 4.78 is 21.3. The van der Waals surface area contributed by atoms with E-state index in [4.69, 9.17) is 18.7 Å². The van der Waals surface area contributed by atoms with Gasteiger partial charge in [-0.2, -0.15) is 0 Å². The van der Waals surface area contributed by atoms with Gasteiger partial charge in [0.2, 0.25) is 5.75 Å². The van der Waals surface area contributed by atoms with Crippen molar-refractivity contribution in [2.24, 2.45) is 0 Å². The number of methoxy groups -OCH3 is 3. The molecular formula is C15H20N2O4. The topological polar surface area (TPSA) is 57.0 Å². The first-order valence-electron chi connectivity index (χ1n) is 6.55. The van der Waals surface area contributed by atoms with Crippen LogP contribution < -0.4 is 14.2 Å². The third-order valence-corrected chi connectivity index (χ3v) is 3.14. The molecule has 0 radical (unpaired) electrons. The number of ether oxygens (including phenoxy) is 3. The zero-order valence-corrected chi connectivity index (χ0v) is 12.8. The second kappa shape index (κ2) is 6.99. The van der Waals surface area contributed by atoms with Gasteiger partial charge in [-0.3, -0.25) is 4.90 Å². The summed E-state index contributed by atoms with van der Waals surface area (Å²) in [4.78, 5) is 2.10. The van der Waals surface area contributed by atoms with Gasteiger partial charge in [-0.1, -0.05) is 11.2 Å². The fourth-order valence-corrected chi connectivity index (χ4v) is 2.22. The molecule has 0 saturated heterocycles. The smallest absolute Gasteiger partial charge is 0.203 e. The summed E-state index contributed by atoms with van der Waals surface area (Å²) in [5.41, 5.74) is 1.01. The molecule has 1 aromatic carbocycles. The van der Waals surface area contributed by atoms with E-state index in [1.54, 1.807) is 27.5 Å². The van der Waals surface area contributed by atoms with Crippen molar-refractivity contribution in [2.75, 3.05) is 28.4 Å². The van der Waals surface area contributed by atoms with Gasteiger partial charge < -0.3 is 18.7 Å². The summed E-state index contributed by atoms with van der Waals surface area (Å²) in [6.07, 6.45) is 1.64. The predicted octanol–water partition coefficient (Wildman–Crippen LogP) is 2.33. The molecule has 1 aromatic heterocycles. The van der Waals surface area contributed by atoms with Crippen LogP contribution >= 0.6 is 0 Å². The van der Waals surface area contributed by atoms with Gasteiger partial charge in [-0.25, -0.2) is 0 Å². The summed E-state index contributed by atoms with van der Waals surface area (Å²) in [5.74, 6) is 2.75. The average Bonchev–Trinajstić information content (AvgIpc) is 2.99. The van der Waals surface area contributed by atoms with Gasteiger partial charge in [0.15, 0.2) is 17.3 Å². The van der Waals surface area contributed by atoms with E-state index in [2.05, 4.69) is 10.1 Å². The van der Waals surface area contributed by atoms with E-state index in [-0.39, 0.29) is 0 Å². The van der Waals surface area contributed by atoms with Gasteiger partial charge in [0.1, 0.15) is 0 Å². The Morgan fingerprint density at radius 1 is 1.00 bits per heavy atom. The first kappa shape index (κ1) is 15.2. The highest BCUT2D eigenvalue weighted by Gasteiger charge is 2.17. The molecular weight excluding hydrogens is 272 g/mol. The van der Waals surface area contributed by atoms with Crippen LogP contribution in [0.5, 0.6) is 17.2 Å². The zero-order valence-electron chi connectivity index (χ0n) is 12.8. The molecule has 0 atom stereocenters. The van der Waals surface area contributed by atoms with E-state index in [1.165, 1.54) is 0 Å². The number of rotatable bonds is 7. The van der Waals surface area contributed by atoms with Crippen molar-refractivity contribution in [2.45, 2.75) is 13.1 Å². The van der Waals surface area contributed by atoms with Crippen LogP contribution in [0, 0.1) is 0 Å². The van der Waals surface area contributed by atoms with Crippen LogP contribution in [-0.4, -0.2) is 38.4 Å². The molecule has 21 heavy (non-hydrogen) atoms.